The van der Waals surface area contributed by atoms with Gasteiger partial charge in [-0.2, -0.15) is 5.23 Å². The molecule has 0 aromatic heterocycles. The van der Waals surface area contributed by atoms with Gasteiger partial charge in [-0.3, -0.25) is 4.79 Å². The van der Waals surface area contributed by atoms with Crippen molar-refractivity contribution in [2.24, 2.45) is 0 Å². The van der Waals surface area contributed by atoms with Crippen molar-refractivity contribution in [1.29, 1.82) is 0 Å². The minimum Gasteiger partial charge on any atom is -0.595 e. The van der Waals surface area contributed by atoms with Gasteiger partial charge in [-0.15, -0.1) is 0 Å². The third-order valence-electron chi connectivity index (χ3n) is 1.43. The van der Waals surface area contributed by atoms with Gasteiger partial charge in [-0.05, 0) is 12.1 Å². The van der Waals surface area contributed by atoms with Crippen molar-refractivity contribution in [3.05, 3.63) is 32.9 Å². The highest BCUT2D eigenvalue weighted by Gasteiger charge is 2.14. The SMILES string of the molecule is O=Cc1cc(Cl)cc(Cl)c1[NH+]([O-])O. The second-order valence-corrected chi connectivity index (χ2v) is 3.12. The van der Waals surface area contributed by atoms with Gasteiger partial charge >= 0.3 is 0 Å². The molecule has 0 saturated carbocycles. The first kappa shape index (κ1) is 10.4. The Kier molecular flexibility index (Phi) is 3.24. The number of benzene rings is 1. The second kappa shape index (κ2) is 4.04. The first-order valence-electron chi connectivity index (χ1n) is 3.23. The summed E-state index contributed by atoms with van der Waals surface area (Å²) in [5, 5.41) is 18.3. The normalized spacial score (nSPS) is 12.6. The summed E-state index contributed by atoms with van der Waals surface area (Å²) in [6.07, 6.45) is 0.404. The predicted molar refractivity (Wildman–Crippen MR) is 47.6 cm³/mol. The van der Waals surface area contributed by atoms with Crippen molar-refractivity contribution in [3.8, 4) is 0 Å². The van der Waals surface area contributed by atoms with Crippen LogP contribution in [0.4, 0.5) is 5.69 Å². The molecule has 0 aliphatic rings. The van der Waals surface area contributed by atoms with E-state index < -0.39 is 5.23 Å². The molecule has 1 aromatic rings. The minimum atomic E-state index is -1.25. The molecule has 0 radical (unpaired) electrons. The van der Waals surface area contributed by atoms with Crippen molar-refractivity contribution in [2.45, 2.75) is 0 Å². The number of hydrogen-bond acceptors (Lipinski definition) is 3. The molecule has 0 spiro atoms. The van der Waals surface area contributed by atoms with Crippen LogP contribution in [0.2, 0.25) is 10.0 Å². The first-order chi connectivity index (χ1) is 6.06. The number of halogens is 2. The van der Waals surface area contributed by atoms with Crippen molar-refractivity contribution >= 4 is 35.2 Å². The number of nitrogens with one attached hydrogen (secondary N) is 1. The molecule has 13 heavy (non-hydrogen) atoms. The summed E-state index contributed by atoms with van der Waals surface area (Å²) in [6, 6.07) is 2.53. The maximum absolute atomic E-state index is 10.6. The average Bonchev–Trinajstić information content (AvgIpc) is 2.01. The van der Waals surface area contributed by atoms with Crippen LogP contribution in [0.3, 0.4) is 0 Å². The van der Waals surface area contributed by atoms with E-state index in [2.05, 4.69) is 0 Å². The summed E-state index contributed by atoms with van der Waals surface area (Å²) in [6.45, 7) is 0. The third-order valence-corrected chi connectivity index (χ3v) is 1.94. The van der Waals surface area contributed by atoms with E-state index in [1.54, 1.807) is 0 Å². The topological polar surface area (TPSA) is 64.8 Å². The number of aldehydes is 1. The molecule has 1 rings (SSSR count). The Morgan fingerprint density at radius 1 is 1.46 bits per heavy atom. The molecule has 0 saturated heterocycles. The van der Waals surface area contributed by atoms with Gasteiger partial charge in [0, 0.05) is 5.02 Å². The van der Waals surface area contributed by atoms with Gasteiger partial charge in [0.1, 0.15) is 5.02 Å². The zero-order valence-electron chi connectivity index (χ0n) is 6.25. The van der Waals surface area contributed by atoms with Crippen LogP contribution in [0, 0.1) is 5.21 Å². The number of carbonyl (C=O) groups is 1. The number of quaternary nitrogens is 1. The number of carbonyl (C=O) groups excluding carboxylic acids is 1. The van der Waals surface area contributed by atoms with Gasteiger partial charge in [0.05, 0.1) is 5.56 Å². The molecule has 2 N–H and O–H groups in total. The Bertz CT molecular complexity index is 341. The van der Waals surface area contributed by atoms with Crippen LogP contribution >= 0.6 is 23.2 Å². The van der Waals surface area contributed by atoms with Gasteiger partial charge in [-0.25, -0.2) is 5.21 Å². The number of hydrogen-bond donors (Lipinski definition) is 2. The van der Waals surface area contributed by atoms with Gasteiger partial charge < -0.3 is 5.21 Å². The van der Waals surface area contributed by atoms with E-state index in [0.717, 1.165) is 0 Å². The van der Waals surface area contributed by atoms with Gasteiger partial charge in [-0.1, -0.05) is 23.2 Å². The Balaban J connectivity index is 3.38. The fourth-order valence-corrected chi connectivity index (χ4v) is 1.50. The lowest BCUT2D eigenvalue weighted by Crippen LogP contribution is -2.99. The summed E-state index contributed by atoms with van der Waals surface area (Å²) in [7, 11) is 0. The second-order valence-electron chi connectivity index (χ2n) is 2.27. The highest BCUT2D eigenvalue weighted by Crippen LogP contribution is 2.25. The van der Waals surface area contributed by atoms with Crippen molar-refractivity contribution < 1.29 is 15.2 Å². The molecule has 70 valence electrons. The predicted octanol–water partition coefficient (Wildman–Crippen LogP) is 1.21. The minimum absolute atomic E-state index is 0.0231. The molecule has 0 aliphatic heterocycles. The van der Waals surface area contributed by atoms with Gasteiger partial charge in [0.15, 0.2) is 12.0 Å². The van der Waals surface area contributed by atoms with E-state index in [4.69, 9.17) is 28.4 Å². The quantitative estimate of drug-likeness (QED) is 0.583. The zero-order chi connectivity index (χ0) is 10.0. The van der Waals surface area contributed by atoms with E-state index in [-0.39, 0.29) is 21.3 Å². The van der Waals surface area contributed by atoms with E-state index in [1.807, 2.05) is 0 Å². The monoisotopic (exact) mass is 221 g/mol. The Hall–Kier alpha value is -0.650. The maximum atomic E-state index is 10.6. The van der Waals surface area contributed by atoms with Crippen molar-refractivity contribution in [3.63, 3.8) is 0 Å². The molecule has 4 nitrogen and oxygen atoms in total. The van der Waals surface area contributed by atoms with Crippen LogP contribution in [-0.4, -0.2) is 11.5 Å². The smallest absolute Gasteiger partial charge is 0.193 e. The molecular formula is C7H5Cl2NO3. The molecule has 1 atom stereocenters. The fourth-order valence-electron chi connectivity index (χ4n) is 0.912. The Morgan fingerprint density at radius 2 is 2.08 bits per heavy atom. The number of rotatable bonds is 2. The molecule has 6 heteroatoms. The lowest BCUT2D eigenvalue weighted by Gasteiger charge is -2.14. The van der Waals surface area contributed by atoms with Crippen molar-refractivity contribution in [2.75, 3.05) is 0 Å². The summed E-state index contributed by atoms with van der Waals surface area (Å²) >= 11 is 11.2. The first-order valence-corrected chi connectivity index (χ1v) is 3.99. The Morgan fingerprint density at radius 3 is 2.54 bits per heavy atom. The van der Waals surface area contributed by atoms with Crippen LogP contribution in [0.1, 0.15) is 10.4 Å². The Labute approximate surface area is 83.8 Å². The molecule has 0 aliphatic carbocycles. The van der Waals surface area contributed by atoms with Crippen LogP contribution in [0.25, 0.3) is 0 Å². The molecule has 0 heterocycles. The molecule has 0 amide bonds. The van der Waals surface area contributed by atoms with Gasteiger partial charge in [0.25, 0.3) is 0 Å². The standard InChI is InChI=1S/C7H5Cl2NO3/c8-5-1-4(3-11)7(10(12)13)6(9)2-5/h1-3,10,12H. The lowest BCUT2D eigenvalue weighted by atomic mass is 10.2. The largest absolute Gasteiger partial charge is 0.595 e. The van der Waals surface area contributed by atoms with Crippen LogP contribution in [-0.2, 0) is 0 Å². The fraction of sp³-hybridized carbons (Fsp3) is 0. The highest BCUT2D eigenvalue weighted by molar-refractivity contribution is 6.36. The summed E-state index contributed by atoms with van der Waals surface area (Å²) in [4.78, 5) is 10.5. The average molecular weight is 222 g/mol. The molecule has 1 unspecified atom stereocenters. The van der Waals surface area contributed by atoms with Crippen LogP contribution < -0.4 is 5.23 Å². The maximum Gasteiger partial charge on any atom is 0.193 e. The van der Waals surface area contributed by atoms with Crippen LogP contribution in [0.15, 0.2) is 12.1 Å². The third kappa shape index (κ3) is 2.18. The van der Waals surface area contributed by atoms with E-state index in [0.29, 0.717) is 6.29 Å². The lowest BCUT2D eigenvalue weighted by molar-refractivity contribution is -0.991. The van der Waals surface area contributed by atoms with E-state index in [1.165, 1.54) is 12.1 Å². The summed E-state index contributed by atoms with van der Waals surface area (Å²) < 4.78 is 0. The molecular weight excluding hydrogens is 217 g/mol. The molecule has 0 fully saturated rings. The molecule has 1 aromatic carbocycles. The van der Waals surface area contributed by atoms with Gasteiger partial charge in [0.2, 0.25) is 0 Å². The summed E-state index contributed by atoms with van der Waals surface area (Å²) in [5.41, 5.74) is -0.244. The zero-order valence-corrected chi connectivity index (χ0v) is 7.76. The highest BCUT2D eigenvalue weighted by atomic mass is 35.5. The van der Waals surface area contributed by atoms with E-state index >= 15 is 0 Å². The van der Waals surface area contributed by atoms with E-state index in [9.17, 15) is 10.0 Å². The van der Waals surface area contributed by atoms with Crippen molar-refractivity contribution in [1.82, 2.24) is 0 Å². The van der Waals surface area contributed by atoms with Crippen LogP contribution in [0.5, 0.6) is 0 Å². The summed E-state index contributed by atoms with van der Waals surface area (Å²) in [5.74, 6) is 0. The molecule has 0 bridgehead atoms.